The van der Waals surface area contributed by atoms with E-state index in [1.807, 2.05) is 30.3 Å². The number of sulfonamides is 1. The van der Waals surface area contributed by atoms with Crippen LogP contribution in [0.4, 0.5) is 0 Å². The summed E-state index contributed by atoms with van der Waals surface area (Å²) >= 11 is 5.90. The van der Waals surface area contributed by atoms with Crippen molar-refractivity contribution in [3.05, 3.63) is 76.0 Å². The minimum absolute atomic E-state index is 0.0247. The van der Waals surface area contributed by atoms with Crippen LogP contribution in [0.5, 0.6) is 5.75 Å². The van der Waals surface area contributed by atoms with Crippen LogP contribution in [-0.2, 0) is 16.6 Å². The SMILES string of the molecule is COc1ccc(Cl)cc1S(=O)(=O)NCCn1nc(-c2ccccc2)ccc1=O. The molecule has 0 radical (unpaired) electrons. The van der Waals surface area contributed by atoms with E-state index in [1.165, 1.54) is 36.1 Å². The van der Waals surface area contributed by atoms with E-state index >= 15 is 0 Å². The molecule has 0 unspecified atom stereocenters. The molecule has 0 spiro atoms. The predicted molar refractivity (Wildman–Crippen MR) is 107 cm³/mol. The van der Waals surface area contributed by atoms with E-state index in [2.05, 4.69) is 9.82 Å². The highest BCUT2D eigenvalue weighted by Gasteiger charge is 2.19. The van der Waals surface area contributed by atoms with Gasteiger partial charge in [-0.2, -0.15) is 5.10 Å². The Kier molecular flexibility index (Phi) is 6.13. The van der Waals surface area contributed by atoms with Crippen molar-refractivity contribution in [3.8, 4) is 17.0 Å². The zero-order chi connectivity index (χ0) is 20.1. The van der Waals surface area contributed by atoms with Gasteiger partial charge in [-0.15, -0.1) is 0 Å². The molecule has 1 aromatic heterocycles. The number of hydrogen-bond acceptors (Lipinski definition) is 5. The summed E-state index contributed by atoms with van der Waals surface area (Å²) in [5, 5.41) is 4.58. The molecular formula is C19H18ClN3O4S. The van der Waals surface area contributed by atoms with E-state index in [0.717, 1.165) is 5.56 Å². The van der Waals surface area contributed by atoms with E-state index in [4.69, 9.17) is 16.3 Å². The van der Waals surface area contributed by atoms with Crippen LogP contribution >= 0.6 is 11.6 Å². The normalized spacial score (nSPS) is 11.4. The molecule has 1 N–H and O–H groups in total. The molecule has 0 aliphatic carbocycles. The Bertz CT molecular complexity index is 1130. The topological polar surface area (TPSA) is 90.3 Å². The van der Waals surface area contributed by atoms with Crippen LogP contribution in [0.3, 0.4) is 0 Å². The summed E-state index contributed by atoms with van der Waals surface area (Å²) in [5.41, 5.74) is 1.17. The second kappa shape index (κ2) is 8.55. The molecule has 0 saturated carbocycles. The molecule has 3 rings (SSSR count). The van der Waals surface area contributed by atoms with Gasteiger partial charge in [0.15, 0.2) is 0 Å². The number of benzene rings is 2. The quantitative estimate of drug-likeness (QED) is 0.635. The first kappa shape index (κ1) is 20.1. The van der Waals surface area contributed by atoms with Crippen molar-refractivity contribution >= 4 is 21.6 Å². The van der Waals surface area contributed by atoms with Gasteiger partial charge in [0.25, 0.3) is 5.56 Å². The van der Waals surface area contributed by atoms with E-state index < -0.39 is 10.0 Å². The van der Waals surface area contributed by atoms with Crippen molar-refractivity contribution in [2.75, 3.05) is 13.7 Å². The monoisotopic (exact) mass is 419 g/mol. The molecule has 3 aromatic rings. The highest BCUT2D eigenvalue weighted by molar-refractivity contribution is 7.89. The molecule has 7 nitrogen and oxygen atoms in total. The highest BCUT2D eigenvalue weighted by atomic mass is 35.5. The lowest BCUT2D eigenvalue weighted by Gasteiger charge is -2.12. The van der Waals surface area contributed by atoms with E-state index in [9.17, 15) is 13.2 Å². The van der Waals surface area contributed by atoms with Crippen LogP contribution < -0.4 is 15.0 Å². The van der Waals surface area contributed by atoms with Crippen LogP contribution in [0.2, 0.25) is 5.02 Å². The second-order valence-electron chi connectivity index (χ2n) is 5.84. The third kappa shape index (κ3) is 4.59. The number of halogens is 1. The van der Waals surface area contributed by atoms with Crippen LogP contribution in [0.15, 0.2) is 70.4 Å². The Morgan fingerprint density at radius 1 is 1.11 bits per heavy atom. The summed E-state index contributed by atoms with van der Waals surface area (Å²) in [4.78, 5) is 12.0. The summed E-state index contributed by atoms with van der Waals surface area (Å²) in [6.07, 6.45) is 0. The maximum absolute atomic E-state index is 12.6. The molecule has 0 aliphatic rings. The summed E-state index contributed by atoms with van der Waals surface area (Å²) in [6, 6.07) is 16.8. The molecular weight excluding hydrogens is 402 g/mol. The number of aromatic nitrogens is 2. The first-order valence-corrected chi connectivity index (χ1v) is 10.2. The Hall–Kier alpha value is -2.68. The lowest BCUT2D eigenvalue weighted by molar-refractivity contribution is 0.402. The molecule has 146 valence electrons. The number of hydrogen-bond donors (Lipinski definition) is 1. The summed E-state index contributed by atoms with van der Waals surface area (Å²) in [6.45, 7) is 0.0464. The van der Waals surface area contributed by atoms with Crippen molar-refractivity contribution in [1.82, 2.24) is 14.5 Å². The van der Waals surface area contributed by atoms with Crippen LogP contribution in [0, 0.1) is 0 Å². The van der Waals surface area contributed by atoms with Crippen molar-refractivity contribution in [1.29, 1.82) is 0 Å². The van der Waals surface area contributed by atoms with Gasteiger partial charge in [0.2, 0.25) is 10.0 Å². The lowest BCUT2D eigenvalue weighted by Crippen LogP contribution is -2.32. The van der Waals surface area contributed by atoms with Gasteiger partial charge in [-0.05, 0) is 24.3 Å². The number of rotatable bonds is 7. The van der Waals surface area contributed by atoms with Gasteiger partial charge < -0.3 is 4.74 Å². The fourth-order valence-corrected chi connectivity index (χ4v) is 4.05. The summed E-state index contributed by atoms with van der Waals surface area (Å²) in [5.74, 6) is 0.179. The van der Waals surface area contributed by atoms with Crippen LogP contribution in [-0.4, -0.2) is 31.9 Å². The van der Waals surface area contributed by atoms with Gasteiger partial charge in [0, 0.05) is 23.2 Å². The van der Waals surface area contributed by atoms with E-state index in [1.54, 1.807) is 6.07 Å². The Morgan fingerprint density at radius 2 is 1.86 bits per heavy atom. The summed E-state index contributed by atoms with van der Waals surface area (Å²) < 4.78 is 33.9. The fraction of sp³-hybridized carbons (Fsp3) is 0.158. The number of nitrogens with zero attached hydrogens (tertiary/aromatic N) is 2. The van der Waals surface area contributed by atoms with Gasteiger partial charge >= 0.3 is 0 Å². The second-order valence-corrected chi connectivity index (χ2v) is 8.01. The molecule has 9 heteroatoms. The number of nitrogens with one attached hydrogen (secondary N) is 1. The lowest BCUT2D eigenvalue weighted by atomic mass is 10.1. The molecule has 28 heavy (non-hydrogen) atoms. The van der Waals surface area contributed by atoms with E-state index in [0.29, 0.717) is 5.69 Å². The van der Waals surface area contributed by atoms with Gasteiger partial charge in [-0.25, -0.2) is 17.8 Å². The molecule has 0 saturated heterocycles. The molecule has 2 aromatic carbocycles. The maximum atomic E-state index is 12.6. The van der Waals surface area contributed by atoms with Gasteiger partial charge in [0.1, 0.15) is 10.6 Å². The summed E-state index contributed by atoms with van der Waals surface area (Å²) in [7, 11) is -2.50. The van der Waals surface area contributed by atoms with Crippen LogP contribution in [0.1, 0.15) is 0 Å². The first-order valence-electron chi connectivity index (χ1n) is 8.37. The molecule has 0 bridgehead atoms. The van der Waals surface area contributed by atoms with Crippen molar-refractivity contribution in [3.63, 3.8) is 0 Å². The number of ether oxygens (including phenoxy) is 1. The first-order chi connectivity index (χ1) is 13.4. The minimum atomic E-state index is -3.87. The molecule has 0 amide bonds. The largest absolute Gasteiger partial charge is 0.495 e. The third-order valence-electron chi connectivity index (χ3n) is 3.97. The van der Waals surface area contributed by atoms with Crippen molar-refractivity contribution in [2.45, 2.75) is 11.4 Å². The Labute approximate surface area is 167 Å². The smallest absolute Gasteiger partial charge is 0.266 e. The fourth-order valence-electron chi connectivity index (χ4n) is 2.60. The standard InChI is InChI=1S/C19H18ClN3O4S/c1-27-17-9-7-15(20)13-18(17)28(25,26)21-11-12-23-19(24)10-8-16(22-23)14-5-3-2-4-6-14/h2-10,13,21H,11-12H2,1H3. The third-order valence-corrected chi connectivity index (χ3v) is 5.68. The molecule has 1 heterocycles. The Morgan fingerprint density at radius 3 is 2.57 bits per heavy atom. The average molecular weight is 420 g/mol. The molecule has 0 atom stereocenters. The maximum Gasteiger partial charge on any atom is 0.266 e. The molecule has 0 fully saturated rings. The van der Waals surface area contributed by atoms with Crippen LogP contribution in [0.25, 0.3) is 11.3 Å². The zero-order valence-corrected chi connectivity index (χ0v) is 16.6. The molecule has 0 aliphatic heterocycles. The predicted octanol–water partition coefficient (Wildman–Crippen LogP) is 2.55. The van der Waals surface area contributed by atoms with Crippen molar-refractivity contribution < 1.29 is 13.2 Å². The average Bonchev–Trinajstić information content (AvgIpc) is 2.70. The minimum Gasteiger partial charge on any atom is -0.495 e. The van der Waals surface area contributed by atoms with Gasteiger partial charge in [-0.1, -0.05) is 41.9 Å². The van der Waals surface area contributed by atoms with Crippen molar-refractivity contribution in [2.24, 2.45) is 0 Å². The van der Waals surface area contributed by atoms with Gasteiger partial charge in [-0.3, -0.25) is 4.79 Å². The van der Waals surface area contributed by atoms with E-state index in [-0.39, 0.29) is 34.3 Å². The highest BCUT2D eigenvalue weighted by Crippen LogP contribution is 2.26. The van der Waals surface area contributed by atoms with Gasteiger partial charge in [0.05, 0.1) is 19.3 Å². The Balaban J connectivity index is 1.76. The number of methoxy groups -OCH3 is 1. The zero-order valence-electron chi connectivity index (χ0n) is 15.0.